The first-order chi connectivity index (χ1) is 14.6. The Morgan fingerprint density at radius 2 is 1.70 bits per heavy atom. The van der Waals surface area contributed by atoms with Crippen LogP contribution in [0.3, 0.4) is 0 Å². The van der Waals surface area contributed by atoms with Crippen LogP contribution in [0.2, 0.25) is 0 Å². The molecule has 6 nitrogen and oxygen atoms in total. The van der Waals surface area contributed by atoms with E-state index in [-0.39, 0.29) is 23.5 Å². The highest BCUT2D eigenvalue weighted by Gasteiger charge is 2.47. The van der Waals surface area contributed by atoms with E-state index in [0.29, 0.717) is 55.1 Å². The fourth-order valence-electron chi connectivity index (χ4n) is 4.36. The zero-order chi connectivity index (χ0) is 20.7. The maximum absolute atomic E-state index is 13.6. The van der Waals surface area contributed by atoms with Crippen molar-refractivity contribution in [2.24, 2.45) is 0 Å². The molecule has 5 rings (SSSR count). The minimum absolute atomic E-state index is 0.0471. The first-order valence-electron chi connectivity index (χ1n) is 9.96. The Hall–Kier alpha value is -2.74. The van der Waals surface area contributed by atoms with E-state index in [9.17, 15) is 14.0 Å². The molecule has 0 N–H and O–H groups in total. The van der Waals surface area contributed by atoms with Crippen molar-refractivity contribution < 1.29 is 23.5 Å². The lowest BCUT2D eigenvalue weighted by atomic mass is 10.00. The lowest BCUT2D eigenvalue weighted by molar-refractivity contribution is 0.0497. The molecule has 0 radical (unpaired) electrons. The van der Waals surface area contributed by atoms with Gasteiger partial charge in [-0.1, -0.05) is 6.07 Å². The van der Waals surface area contributed by atoms with Gasteiger partial charge in [0.25, 0.3) is 11.8 Å². The fraction of sp³-hybridized carbons (Fsp3) is 0.364. The van der Waals surface area contributed by atoms with Crippen LogP contribution in [0.4, 0.5) is 4.39 Å². The number of amides is 2. The predicted octanol–water partition coefficient (Wildman–Crippen LogP) is 3.38. The highest BCUT2D eigenvalue weighted by atomic mass is 32.2. The van der Waals surface area contributed by atoms with Crippen LogP contribution in [0.1, 0.15) is 33.6 Å². The topological polar surface area (TPSA) is 59.1 Å². The zero-order valence-corrected chi connectivity index (χ0v) is 17.1. The summed E-state index contributed by atoms with van der Waals surface area (Å²) in [6.45, 7) is 1.93. The molecule has 2 amide bonds. The highest BCUT2D eigenvalue weighted by molar-refractivity contribution is 8.00. The second-order valence-corrected chi connectivity index (χ2v) is 9.08. The molecule has 1 spiro atoms. The number of halogens is 1. The van der Waals surface area contributed by atoms with Crippen molar-refractivity contribution in [3.05, 3.63) is 59.4 Å². The SMILES string of the molecule is O=C(c1ccc2c(c1)OCO2)N1CCC2(CC1)SCCN2C(=O)c1cccc(F)c1. The average Bonchev–Trinajstić information content (AvgIpc) is 3.40. The third-order valence-electron chi connectivity index (χ3n) is 5.95. The zero-order valence-electron chi connectivity index (χ0n) is 16.3. The molecule has 0 aromatic heterocycles. The number of piperidine rings is 1. The summed E-state index contributed by atoms with van der Waals surface area (Å²) in [4.78, 5) is 29.4. The standard InChI is InChI=1S/C22H21FN2O4S/c23-17-3-1-2-15(12-17)21(27)25-10-11-30-22(25)6-8-24(9-7-22)20(26)16-4-5-18-19(13-16)29-14-28-18/h1-5,12-13H,6-11,14H2. The molecule has 2 fully saturated rings. The Bertz CT molecular complexity index is 1010. The van der Waals surface area contributed by atoms with E-state index in [1.54, 1.807) is 42.1 Å². The maximum Gasteiger partial charge on any atom is 0.255 e. The largest absolute Gasteiger partial charge is 0.454 e. The number of fused-ring (bicyclic) bond motifs is 1. The van der Waals surface area contributed by atoms with E-state index in [2.05, 4.69) is 0 Å². The number of hydrogen-bond acceptors (Lipinski definition) is 5. The van der Waals surface area contributed by atoms with Gasteiger partial charge in [0, 0.05) is 36.5 Å². The Kier molecular flexibility index (Phi) is 4.81. The number of nitrogens with zero attached hydrogens (tertiary/aromatic N) is 2. The van der Waals surface area contributed by atoms with Gasteiger partial charge in [-0.2, -0.15) is 0 Å². The number of hydrogen-bond donors (Lipinski definition) is 0. The van der Waals surface area contributed by atoms with Crippen LogP contribution in [0.15, 0.2) is 42.5 Å². The van der Waals surface area contributed by atoms with E-state index in [1.165, 1.54) is 12.1 Å². The number of likely N-dealkylation sites (tertiary alicyclic amines) is 1. The van der Waals surface area contributed by atoms with Crippen LogP contribution in [0, 0.1) is 5.82 Å². The summed E-state index contributed by atoms with van der Waals surface area (Å²) in [5, 5.41) is 0. The molecule has 0 unspecified atom stereocenters. The van der Waals surface area contributed by atoms with Crippen LogP contribution < -0.4 is 9.47 Å². The van der Waals surface area contributed by atoms with E-state index >= 15 is 0 Å². The molecule has 2 aromatic carbocycles. The van der Waals surface area contributed by atoms with Crippen molar-refractivity contribution in [2.45, 2.75) is 17.7 Å². The summed E-state index contributed by atoms with van der Waals surface area (Å²) in [5.41, 5.74) is 0.942. The molecule has 3 aliphatic heterocycles. The minimum Gasteiger partial charge on any atom is -0.454 e. The second-order valence-electron chi connectivity index (χ2n) is 7.62. The molecular weight excluding hydrogens is 407 g/mol. The van der Waals surface area contributed by atoms with Crippen molar-refractivity contribution >= 4 is 23.6 Å². The van der Waals surface area contributed by atoms with Crippen LogP contribution >= 0.6 is 11.8 Å². The molecule has 3 aliphatic rings. The van der Waals surface area contributed by atoms with E-state index in [1.807, 2.05) is 9.80 Å². The summed E-state index contributed by atoms with van der Waals surface area (Å²) < 4.78 is 24.3. The normalized spacial score (nSPS) is 19.4. The number of ether oxygens (including phenoxy) is 2. The van der Waals surface area contributed by atoms with E-state index < -0.39 is 5.82 Å². The van der Waals surface area contributed by atoms with Crippen LogP contribution in [-0.4, -0.2) is 58.7 Å². The molecule has 2 aromatic rings. The highest BCUT2D eigenvalue weighted by Crippen LogP contribution is 2.45. The van der Waals surface area contributed by atoms with Gasteiger partial charge in [0.05, 0.1) is 4.87 Å². The number of rotatable bonds is 2. The van der Waals surface area contributed by atoms with Gasteiger partial charge in [-0.3, -0.25) is 9.59 Å². The van der Waals surface area contributed by atoms with Gasteiger partial charge in [-0.25, -0.2) is 4.39 Å². The van der Waals surface area contributed by atoms with Gasteiger partial charge >= 0.3 is 0 Å². The molecule has 2 saturated heterocycles. The van der Waals surface area contributed by atoms with Crippen molar-refractivity contribution in [1.29, 1.82) is 0 Å². The molecule has 3 heterocycles. The summed E-state index contributed by atoms with van der Waals surface area (Å²) in [5.74, 6) is 1.48. The molecule has 0 aliphatic carbocycles. The van der Waals surface area contributed by atoms with Gasteiger partial charge in [0.15, 0.2) is 11.5 Å². The molecule has 0 bridgehead atoms. The monoisotopic (exact) mass is 428 g/mol. The number of carbonyl (C=O) groups is 2. The summed E-state index contributed by atoms with van der Waals surface area (Å²) in [6, 6.07) is 11.1. The Labute approximate surface area is 177 Å². The number of thioether (sulfide) groups is 1. The summed E-state index contributed by atoms with van der Waals surface area (Å²) >= 11 is 1.76. The van der Waals surface area contributed by atoms with Crippen LogP contribution in [-0.2, 0) is 0 Å². The average molecular weight is 428 g/mol. The van der Waals surface area contributed by atoms with E-state index in [0.717, 1.165) is 5.75 Å². The molecule has 0 saturated carbocycles. The van der Waals surface area contributed by atoms with Gasteiger partial charge < -0.3 is 19.3 Å². The Morgan fingerprint density at radius 3 is 2.50 bits per heavy atom. The Morgan fingerprint density at radius 1 is 0.933 bits per heavy atom. The van der Waals surface area contributed by atoms with Crippen LogP contribution in [0.25, 0.3) is 0 Å². The molecular formula is C22H21FN2O4S. The van der Waals surface area contributed by atoms with Crippen molar-refractivity contribution in [2.75, 3.05) is 32.2 Å². The molecule has 156 valence electrons. The first kappa shape index (κ1) is 19.2. The minimum atomic E-state index is -0.411. The predicted molar refractivity (Wildman–Crippen MR) is 110 cm³/mol. The van der Waals surface area contributed by atoms with Crippen LogP contribution in [0.5, 0.6) is 11.5 Å². The molecule has 0 atom stereocenters. The molecule has 30 heavy (non-hydrogen) atoms. The van der Waals surface area contributed by atoms with Gasteiger partial charge in [-0.15, -0.1) is 11.8 Å². The van der Waals surface area contributed by atoms with Crippen molar-refractivity contribution in [3.8, 4) is 11.5 Å². The van der Waals surface area contributed by atoms with Crippen molar-refractivity contribution in [3.63, 3.8) is 0 Å². The summed E-state index contributed by atoms with van der Waals surface area (Å²) in [7, 11) is 0. The third kappa shape index (κ3) is 3.29. The van der Waals surface area contributed by atoms with Gasteiger partial charge in [0.2, 0.25) is 6.79 Å². The third-order valence-corrected chi connectivity index (χ3v) is 7.50. The van der Waals surface area contributed by atoms with Gasteiger partial charge in [0.1, 0.15) is 5.82 Å². The fourth-order valence-corrected chi connectivity index (χ4v) is 5.81. The molecule has 8 heteroatoms. The van der Waals surface area contributed by atoms with Gasteiger partial charge in [-0.05, 0) is 49.2 Å². The smallest absolute Gasteiger partial charge is 0.255 e. The first-order valence-corrected chi connectivity index (χ1v) is 10.9. The lowest BCUT2D eigenvalue weighted by Gasteiger charge is -2.44. The Balaban J connectivity index is 1.29. The van der Waals surface area contributed by atoms with E-state index in [4.69, 9.17) is 9.47 Å². The number of carbonyl (C=O) groups excluding carboxylic acids is 2. The maximum atomic E-state index is 13.6. The summed E-state index contributed by atoms with van der Waals surface area (Å²) in [6.07, 6.45) is 1.38. The quantitative estimate of drug-likeness (QED) is 0.734. The second kappa shape index (κ2) is 7.50. The lowest BCUT2D eigenvalue weighted by Crippen LogP contribution is -2.53. The van der Waals surface area contributed by atoms with Crippen molar-refractivity contribution in [1.82, 2.24) is 9.80 Å². The number of benzene rings is 2.